The predicted molar refractivity (Wildman–Crippen MR) is 120 cm³/mol. The topological polar surface area (TPSA) is 69.5 Å². The molecule has 29 heavy (non-hydrogen) atoms. The second-order valence-corrected chi connectivity index (χ2v) is 8.21. The summed E-state index contributed by atoms with van der Waals surface area (Å²) in [6.07, 6.45) is 8.88. The third kappa shape index (κ3) is 5.28. The first-order valence-corrected chi connectivity index (χ1v) is 10.9. The lowest BCUT2D eigenvalue weighted by Crippen LogP contribution is -2.34. The van der Waals surface area contributed by atoms with Crippen molar-refractivity contribution < 1.29 is 0 Å². The highest BCUT2D eigenvalue weighted by Gasteiger charge is 2.20. The number of nitrogens with zero attached hydrogens (tertiary/aromatic N) is 6. The van der Waals surface area contributed by atoms with Crippen molar-refractivity contribution in [2.45, 2.75) is 38.5 Å². The Morgan fingerprint density at radius 3 is 1.93 bits per heavy atom. The molecule has 0 amide bonds. The number of anilines is 3. The van der Waals surface area contributed by atoms with E-state index in [-0.39, 0.29) is 0 Å². The number of aromatic nitrogens is 3. The molecule has 9 heteroatoms. The molecule has 7 nitrogen and oxygen atoms in total. The minimum Gasteiger partial charge on any atom is -0.341 e. The molecule has 0 unspecified atom stereocenters. The molecular formula is C20H25Cl2N7. The Morgan fingerprint density at radius 1 is 0.793 bits per heavy atom. The van der Waals surface area contributed by atoms with Crippen LogP contribution in [-0.2, 0) is 0 Å². The largest absolute Gasteiger partial charge is 0.341 e. The maximum Gasteiger partial charge on any atom is 0.250 e. The van der Waals surface area contributed by atoms with E-state index in [4.69, 9.17) is 28.2 Å². The molecule has 2 aliphatic heterocycles. The quantitative estimate of drug-likeness (QED) is 0.548. The molecule has 154 valence electrons. The number of rotatable bonds is 5. The van der Waals surface area contributed by atoms with Gasteiger partial charge in [-0.2, -0.15) is 20.1 Å². The van der Waals surface area contributed by atoms with E-state index in [0.717, 1.165) is 43.6 Å². The summed E-state index contributed by atoms with van der Waals surface area (Å²) < 4.78 is 0. The van der Waals surface area contributed by atoms with Gasteiger partial charge < -0.3 is 9.80 Å². The first-order valence-electron chi connectivity index (χ1n) is 10.2. The van der Waals surface area contributed by atoms with Crippen molar-refractivity contribution in [3.05, 3.63) is 33.8 Å². The van der Waals surface area contributed by atoms with E-state index in [0.29, 0.717) is 16.0 Å². The zero-order valence-electron chi connectivity index (χ0n) is 16.3. The van der Waals surface area contributed by atoms with E-state index in [9.17, 15) is 0 Å². The third-order valence-corrected chi connectivity index (χ3v) is 5.95. The van der Waals surface area contributed by atoms with Crippen LogP contribution in [0.3, 0.4) is 0 Å². The minimum absolute atomic E-state index is 0.456. The monoisotopic (exact) mass is 433 g/mol. The molecule has 0 bridgehead atoms. The first kappa shape index (κ1) is 20.2. The highest BCUT2D eigenvalue weighted by molar-refractivity contribution is 6.42. The van der Waals surface area contributed by atoms with Crippen LogP contribution in [0, 0.1) is 0 Å². The molecule has 0 radical (unpaired) electrons. The third-order valence-electron chi connectivity index (χ3n) is 5.21. The highest BCUT2D eigenvalue weighted by atomic mass is 35.5. The van der Waals surface area contributed by atoms with Gasteiger partial charge in [-0.05, 0) is 56.2 Å². The van der Waals surface area contributed by atoms with Gasteiger partial charge in [-0.1, -0.05) is 29.3 Å². The maximum absolute atomic E-state index is 6.07. The number of halogens is 2. The number of hydrogen-bond donors (Lipinski definition) is 1. The number of benzene rings is 1. The number of hydrazone groups is 1. The normalized spacial score (nSPS) is 17.7. The van der Waals surface area contributed by atoms with Gasteiger partial charge in [-0.15, -0.1) is 0 Å². The smallest absolute Gasteiger partial charge is 0.250 e. The molecule has 2 aliphatic rings. The molecular weight excluding hydrogens is 409 g/mol. The molecule has 1 aromatic heterocycles. The lowest BCUT2D eigenvalue weighted by Gasteiger charge is -2.30. The summed E-state index contributed by atoms with van der Waals surface area (Å²) in [6, 6.07) is 5.36. The van der Waals surface area contributed by atoms with Crippen molar-refractivity contribution in [2.24, 2.45) is 5.10 Å². The highest BCUT2D eigenvalue weighted by Crippen LogP contribution is 2.23. The number of hydrogen-bond acceptors (Lipinski definition) is 7. The van der Waals surface area contributed by atoms with Crippen LogP contribution < -0.4 is 15.2 Å². The summed E-state index contributed by atoms with van der Waals surface area (Å²) in [4.78, 5) is 18.5. The van der Waals surface area contributed by atoms with Crippen LogP contribution >= 0.6 is 23.2 Å². The summed E-state index contributed by atoms with van der Waals surface area (Å²) in [5.74, 6) is 1.91. The Hall–Kier alpha value is -2.12. The maximum atomic E-state index is 6.07. The van der Waals surface area contributed by atoms with Crippen LogP contribution in [-0.4, -0.2) is 47.3 Å². The SMILES string of the molecule is Clc1ccc(C=NNc2nc(N3CCCCC3)nc(N3CCCCC3)n2)cc1Cl. The molecule has 1 aromatic carbocycles. The van der Waals surface area contributed by atoms with Gasteiger partial charge in [0, 0.05) is 26.2 Å². The fraction of sp³-hybridized carbons (Fsp3) is 0.500. The van der Waals surface area contributed by atoms with Crippen molar-refractivity contribution >= 4 is 47.3 Å². The fourth-order valence-electron chi connectivity index (χ4n) is 3.63. The van der Waals surface area contributed by atoms with E-state index in [1.807, 2.05) is 6.07 Å². The van der Waals surface area contributed by atoms with Gasteiger partial charge >= 0.3 is 0 Å². The van der Waals surface area contributed by atoms with E-state index in [2.05, 4.69) is 30.3 Å². The van der Waals surface area contributed by atoms with Gasteiger partial charge in [0.25, 0.3) is 0 Å². The Morgan fingerprint density at radius 2 is 1.38 bits per heavy atom. The van der Waals surface area contributed by atoms with Crippen LogP contribution in [0.5, 0.6) is 0 Å². The van der Waals surface area contributed by atoms with E-state index >= 15 is 0 Å². The van der Waals surface area contributed by atoms with Gasteiger partial charge in [-0.25, -0.2) is 5.43 Å². The second-order valence-electron chi connectivity index (χ2n) is 7.40. The molecule has 2 aromatic rings. The summed E-state index contributed by atoms with van der Waals surface area (Å²) in [5.41, 5.74) is 3.81. The average molecular weight is 434 g/mol. The van der Waals surface area contributed by atoms with E-state index in [1.54, 1.807) is 18.3 Å². The zero-order valence-corrected chi connectivity index (χ0v) is 17.8. The lowest BCUT2D eigenvalue weighted by atomic mass is 10.1. The van der Waals surface area contributed by atoms with Crippen LogP contribution in [0.2, 0.25) is 10.0 Å². The van der Waals surface area contributed by atoms with Gasteiger partial charge in [0.15, 0.2) is 0 Å². The molecule has 2 saturated heterocycles. The minimum atomic E-state index is 0.456. The van der Waals surface area contributed by atoms with Crippen molar-refractivity contribution in [1.29, 1.82) is 0 Å². The van der Waals surface area contributed by atoms with Crippen LogP contribution in [0.1, 0.15) is 44.1 Å². The molecule has 3 heterocycles. The summed E-state index contributed by atoms with van der Waals surface area (Å²) in [5, 5.41) is 5.30. The van der Waals surface area contributed by atoms with Crippen molar-refractivity contribution in [3.8, 4) is 0 Å². The lowest BCUT2D eigenvalue weighted by molar-refractivity contribution is 0.556. The van der Waals surface area contributed by atoms with Gasteiger partial charge in [0.1, 0.15) is 0 Å². The summed E-state index contributed by atoms with van der Waals surface area (Å²) in [7, 11) is 0. The van der Waals surface area contributed by atoms with E-state index in [1.165, 1.54) is 38.5 Å². The molecule has 0 aliphatic carbocycles. The molecule has 4 rings (SSSR count). The molecule has 0 atom stereocenters. The Labute approximate surface area is 181 Å². The van der Waals surface area contributed by atoms with Gasteiger partial charge in [0.05, 0.1) is 16.3 Å². The van der Waals surface area contributed by atoms with Crippen molar-refractivity contribution in [3.63, 3.8) is 0 Å². The first-order chi connectivity index (χ1) is 14.2. The Balaban J connectivity index is 1.55. The predicted octanol–water partition coefficient (Wildman–Crippen LogP) is 4.61. The molecule has 2 fully saturated rings. The fourth-order valence-corrected chi connectivity index (χ4v) is 3.94. The van der Waals surface area contributed by atoms with Gasteiger partial charge in [-0.3, -0.25) is 0 Å². The Bertz CT molecular complexity index is 826. The number of piperidine rings is 2. The zero-order chi connectivity index (χ0) is 20.1. The summed E-state index contributed by atoms with van der Waals surface area (Å²) in [6.45, 7) is 3.93. The van der Waals surface area contributed by atoms with E-state index < -0.39 is 0 Å². The Kier molecular flexibility index (Phi) is 6.67. The molecule has 1 N–H and O–H groups in total. The van der Waals surface area contributed by atoms with Gasteiger partial charge in [0.2, 0.25) is 17.8 Å². The molecule has 0 spiro atoms. The average Bonchev–Trinajstić information content (AvgIpc) is 2.77. The van der Waals surface area contributed by atoms with Crippen LogP contribution in [0.15, 0.2) is 23.3 Å². The summed E-state index contributed by atoms with van der Waals surface area (Å²) >= 11 is 12.0. The van der Waals surface area contributed by atoms with Crippen LogP contribution in [0.4, 0.5) is 17.8 Å². The molecule has 0 saturated carbocycles. The van der Waals surface area contributed by atoms with Crippen molar-refractivity contribution in [2.75, 3.05) is 41.4 Å². The van der Waals surface area contributed by atoms with Crippen molar-refractivity contribution in [1.82, 2.24) is 15.0 Å². The second kappa shape index (κ2) is 9.59. The number of nitrogens with one attached hydrogen (secondary N) is 1. The van der Waals surface area contributed by atoms with Crippen LogP contribution in [0.25, 0.3) is 0 Å². The standard InChI is InChI=1S/C20H25Cl2N7/c21-16-8-7-15(13-17(16)22)14-23-27-18-24-19(28-9-3-1-4-10-28)26-20(25-18)29-11-5-2-6-12-29/h7-8,13-14H,1-6,9-12H2,(H,24,25,26,27).